The van der Waals surface area contributed by atoms with E-state index >= 15 is 0 Å². The normalized spacial score (nSPS) is 18.5. The summed E-state index contributed by atoms with van der Waals surface area (Å²) < 4.78 is 53.0. The van der Waals surface area contributed by atoms with Gasteiger partial charge in [0.25, 0.3) is 0 Å². The van der Waals surface area contributed by atoms with Crippen molar-refractivity contribution in [3.63, 3.8) is 0 Å². The van der Waals surface area contributed by atoms with Crippen molar-refractivity contribution in [1.82, 2.24) is 14.9 Å². The van der Waals surface area contributed by atoms with Gasteiger partial charge in [0.1, 0.15) is 18.7 Å². The Morgan fingerprint density at radius 2 is 2.10 bits per heavy atom. The Morgan fingerprint density at radius 1 is 1.35 bits per heavy atom. The van der Waals surface area contributed by atoms with Gasteiger partial charge in [0.15, 0.2) is 0 Å². The second kappa shape index (κ2) is 11.7. The Morgan fingerprint density at radius 3 is 2.77 bits per heavy atom. The van der Waals surface area contributed by atoms with Gasteiger partial charge in [0.05, 0.1) is 38.1 Å². The fourth-order valence-electron chi connectivity index (χ4n) is 2.62. The highest BCUT2D eigenvalue weighted by atomic mass is 19.4. The van der Waals surface area contributed by atoms with Crippen LogP contribution in [-0.4, -0.2) is 72.4 Å². The summed E-state index contributed by atoms with van der Waals surface area (Å²) >= 11 is 0. The van der Waals surface area contributed by atoms with Crippen LogP contribution in [0.4, 0.5) is 19.0 Å². The number of hydrogen-bond donors (Lipinski definition) is 3. The van der Waals surface area contributed by atoms with Gasteiger partial charge in [-0.15, -0.1) is 0 Å². The number of carbonyl (C=O) groups is 1. The molecule has 0 aliphatic carbocycles. The topological polar surface area (TPSA) is 138 Å². The molecule has 2 unspecified atom stereocenters. The maximum atomic E-state index is 12.0. The van der Waals surface area contributed by atoms with E-state index in [0.717, 1.165) is 0 Å². The molecule has 10 nitrogen and oxygen atoms in total. The van der Waals surface area contributed by atoms with Crippen LogP contribution in [-0.2, 0) is 19.0 Å². The van der Waals surface area contributed by atoms with E-state index in [1.54, 1.807) is 5.32 Å². The van der Waals surface area contributed by atoms with Crippen LogP contribution in [0.1, 0.15) is 24.6 Å². The van der Waals surface area contributed by atoms with Crippen molar-refractivity contribution in [3.8, 4) is 11.8 Å². The number of hydrogen-bond acceptors (Lipinski definition) is 8. The van der Waals surface area contributed by atoms with Crippen LogP contribution in [0.3, 0.4) is 0 Å². The summed E-state index contributed by atoms with van der Waals surface area (Å²) in [5, 5.41) is 10.8. The van der Waals surface area contributed by atoms with Crippen LogP contribution in [0.5, 0.6) is 0 Å². The quantitative estimate of drug-likeness (QED) is 0.342. The highest BCUT2D eigenvalue weighted by molar-refractivity contribution is 5.81. The Kier molecular flexibility index (Phi) is 9.25. The predicted molar refractivity (Wildman–Crippen MR) is 101 cm³/mol. The summed E-state index contributed by atoms with van der Waals surface area (Å²) in [5.74, 6) is 3.40. The van der Waals surface area contributed by atoms with Crippen molar-refractivity contribution in [3.05, 3.63) is 22.2 Å². The molecule has 1 saturated heterocycles. The van der Waals surface area contributed by atoms with Crippen molar-refractivity contribution < 1.29 is 37.3 Å². The number of ether oxygens (including phenoxy) is 3. The molecule has 13 heteroatoms. The number of aliphatic hydroxyl groups is 1. The zero-order chi connectivity index (χ0) is 22.9. The van der Waals surface area contributed by atoms with Gasteiger partial charge in [-0.3, -0.25) is 9.36 Å². The van der Waals surface area contributed by atoms with Crippen molar-refractivity contribution in [2.24, 2.45) is 0 Å². The molecule has 31 heavy (non-hydrogen) atoms. The molecule has 0 spiro atoms. The number of aliphatic hydroxyl groups excluding tert-OH is 1. The second-order valence-corrected chi connectivity index (χ2v) is 6.42. The Bertz CT molecular complexity index is 865. The smallest absolute Gasteiger partial charge is 0.394 e. The van der Waals surface area contributed by atoms with Gasteiger partial charge in [-0.05, 0) is 12.8 Å². The molecule has 1 aromatic rings. The molecule has 0 radical (unpaired) electrons. The average Bonchev–Trinajstić information content (AvgIpc) is 3.18. The highest BCUT2D eigenvalue weighted by Crippen LogP contribution is 2.27. The van der Waals surface area contributed by atoms with Gasteiger partial charge in [-0.2, -0.15) is 18.2 Å². The molecule has 4 N–H and O–H groups in total. The largest absolute Gasteiger partial charge is 0.471 e. The van der Waals surface area contributed by atoms with Crippen molar-refractivity contribution in [2.45, 2.75) is 31.3 Å². The van der Waals surface area contributed by atoms with E-state index in [9.17, 15) is 22.8 Å². The first-order valence-electron chi connectivity index (χ1n) is 9.36. The van der Waals surface area contributed by atoms with Crippen molar-refractivity contribution in [2.75, 3.05) is 45.3 Å². The first-order chi connectivity index (χ1) is 14.7. The lowest BCUT2D eigenvalue weighted by molar-refractivity contribution is -0.173. The van der Waals surface area contributed by atoms with Crippen molar-refractivity contribution in [1.29, 1.82) is 0 Å². The monoisotopic (exact) mass is 448 g/mol. The van der Waals surface area contributed by atoms with Gasteiger partial charge < -0.3 is 30.4 Å². The minimum Gasteiger partial charge on any atom is -0.394 e. The maximum absolute atomic E-state index is 12.0. The van der Waals surface area contributed by atoms with Gasteiger partial charge >= 0.3 is 17.8 Å². The lowest BCUT2D eigenvalue weighted by Crippen LogP contribution is -2.38. The second-order valence-electron chi connectivity index (χ2n) is 6.42. The van der Waals surface area contributed by atoms with Crippen LogP contribution in [0.15, 0.2) is 11.0 Å². The molecule has 172 valence electrons. The number of alkyl halides is 3. The molecule has 0 saturated carbocycles. The average molecular weight is 448 g/mol. The summed E-state index contributed by atoms with van der Waals surface area (Å²) in [6.45, 7) is -0.259. The Hall–Kier alpha value is -2.66. The number of nitrogen functional groups attached to an aromatic ring is 1. The molecular formula is C18H23F3N4O6. The minimum absolute atomic E-state index is 0.0131. The number of nitrogens with one attached hydrogen (secondary N) is 1. The number of nitrogens with two attached hydrogens (primary N) is 1. The summed E-state index contributed by atoms with van der Waals surface area (Å²) in [5.41, 5.74) is 5.47. The standard InChI is InChI=1S/C18H23F3N4O6/c19-18(20,21)16(27)23-5-7-30-9-8-29-6-1-2-12-10-25(17(28)24-15(12)22)14-4-3-13(11-26)31-14/h10,13-14,26H,3-9,11H2,(H,23,27)(H2,22,24,28). The van der Waals surface area contributed by atoms with Crippen LogP contribution < -0.4 is 16.7 Å². The first kappa shape index (κ1) is 24.6. The number of aromatic nitrogens is 2. The molecule has 1 aliphatic rings. The minimum atomic E-state index is -4.92. The fourth-order valence-corrected chi connectivity index (χ4v) is 2.62. The summed E-state index contributed by atoms with van der Waals surface area (Å²) in [6.07, 6.45) is -3.19. The maximum Gasteiger partial charge on any atom is 0.471 e. The summed E-state index contributed by atoms with van der Waals surface area (Å²) in [6, 6.07) is 0. The van der Waals surface area contributed by atoms with Crippen LogP contribution in [0, 0.1) is 11.8 Å². The molecule has 2 atom stereocenters. The van der Waals surface area contributed by atoms with Crippen LogP contribution in [0.2, 0.25) is 0 Å². The molecule has 0 aromatic carbocycles. The lowest BCUT2D eigenvalue weighted by Gasteiger charge is -2.15. The van der Waals surface area contributed by atoms with E-state index in [1.807, 2.05) is 0 Å². The van der Waals surface area contributed by atoms with Gasteiger partial charge in [0.2, 0.25) is 0 Å². The lowest BCUT2D eigenvalue weighted by atomic mass is 10.2. The molecule has 2 heterocycles. The fraction of sp³-hybridized carbons (Fsp3) is 0.611. The number of carbonyl (C=O) groups excluding carboxylic acids is 1. The van der Waals surface area contributed by atoms with E-state index < -0.39 is 24.0 Å². The molecular weight excluding hydrogens is 425 g/mol. The van der Waals surface area contributed by atoms with E-state index in [-0.39, 0.29) is 51.5 Å². The third-order valence-corrected chi connectivity index (χ3v) is 4.14. The first-order valence-corrected chi connectivity index (χ1v) is 9.36. The third-order valence-electron chi connectivity index (χ3n) is 4.14. The number of halogens is 3. The predicted octanol–water partition coefficient (Wildman–Crippen LogP) is -0.441. The molecule has 1 aromatic heterocycles. The van der Waals surface area contributed by atoms with E-state index in [1.165, 1.54) is 10.8 Å². The summed E-state index contributed by atoms with van der Waals surface area (Å²) in [4.78, 5) is 26.4. The van der Waals surface area contributed by atoms with Crippen LogP contribution >= 0.6 is 0 Å². The highest BCUT2D eigenvalue weighted by Gasteiger charge is 2.38. The number of anilines is 1. The van der Waals surface area contributed by atoms with Gasteiger partial charge in [0, 0.05) is 12.7 Å². The Balaban J connectivity index is 1.71. The summed E-state index contributed by atoms with van der Waals surface area (Å²) in [7, 11) is 0. The zero-order valence-corrected chi connectivity index (χ0v) is 16.5. The van der Waals surface area contributed by atoms with E-state index in [4.69, 9.17) is 25.1 Å². The molecule has 2 rings (SSSR count). The zero-order valence-electron chi connectivity index (χ0n) is 16.5. The molecule has 1 aliphatic heterocycles. The molecule has 1 fully saturated rings. The van der Waals surface area contributed by atoms with Gasteiger partial charge in [-0.1, -0.05) is 11.8 Å². The number of amides is 1. The Labute approximate surface area is 175 Å². The third kappa shape index (κ3) is 7.83. The van der Waals surface area contributed by atoms with Gasteiger partial charge in [-0.25, -0.2) is 4.79 Å². The SMILES string of the molecule is Nc1nc(=O)n(C2CCC(CO)O2)cc1C#CCOCCOCCNC(=O)C(F)(F)F. The van der Waals surface area contributed by atoms with E-state index in [0.29, 0.717) is 18.4 Å². The van der Waals surface area contributed by atoms with Crippen LogP contribution in [0.25, 0.3) is 0 Å². The van der Waals surface area contributed by atoms with E-state index in [2.05, 4.69) is 16.8 Å². The molecule has 1 amide bonds. The number of nitrogens with zero attached hydrogens (tertiary/aromatic N) is 2. The number of rotatable bonds is 9. The molecule has 0 bridgehead atoms. The van der Waals surface area contributed by atoms with Crippen molar-refractivity contribution >= 4 is 11.7 Å².